The van der Waals surface area contributed by atoms with Gasteiger partial charge in [0.05, 0.1) is 0 Å². The maximum atomic E-state index is 5.66. The molecule has 0 aliphatic carbocycles. The van der Waals surface area contributed by atoms with Crippen LogP contribution in [-0.4, -0.2) is 28.4 Å². The van der Waals surface area contributed by atoms with Crippen molar-refractivity contribution in [1.82, 2.24) is 0 Å². The monoisotopic (exact) mass is 266 g/mol. The third-order valence-corrected chi connectivity index (χ3v) is 5.16. The number of halogens is 1. The van der Waals surface area contributed by atoms with Crippen molar-refractivity contribution in [3.8, 4) is 0 Å². The molecule has 0 heterocycles. The first kappa shape index (κ1) is 16.4. The lowest BCUT2D eigenvalue weighted by molar-refractivity contribution is 0.211. The van der Waals surface area contributed by atoms with Gasteiger partial charge >= 0.3 is 9.28 Å². The quantitative estimate of drug-likeness (QED) is 0.322. The predicted molar refractivity (Wildman–Crippen MR) is 73.6 cm³/mol. The van der Waals surface area contributed by atoms with Gasteiger partial charge in [0.15, 0.2) is 0 Å². The topological polar surface area (TPSA) is 18.5 Å². The molecule has 1 unspecified atom stereocenters. The summed E-state index contributed by atoms with van der Waals surface area (Å²) < 4.78 is 11.3. The molecule has 0 aromatic carbocycles. The van der Waals surface area contributed by atoms with Crippen LogP contribution in [0.3, 0.4) is 0 Å². The molecule has 0 aliphatic rings. The van der Waals surface area contributed by atoms with Gasteiger partial charge in [-0.1, -0.05) is 19.8 Å². The lowest BCUT2D eigenvalue weighted by Gasteiger charge is -2.17. The van der Waals surface area contributed by atoms with E-state index in [1.165, 1.54) is 19.3 Å². The second-order valence-corrected chi connectivity index (χ2v) is 6.69. The highest BCUT2D eigenvalue weighted by Crippen LogP contribution is 2.16. The lowest BCUT2D eigenvalue weighted by atomic mass is 10.0. The zero-order chi connectivity index (χ0) is 12.2. The van der Waals surface area contributed by atoms with Crippen molar-refractivity contribution in [3.63, 3.8) is 0 Å². The van der Waals surface area contributed by atoms with Crippen LogP contribution in [0, 0.1) is 5.92 Å². The summed E-state index contributed by atoms with van der Waals surface area (Å²) in [5.41, 5.74) is 0. The van der Waals surface area contributed by atoms with Crippen LogP contribution in [0.1, 0.15) is 46.5 Å². The van der Waals surface area contributed by atoms with Crippen molar-refractivity contribution in [2.24, 2.45) is 5.92 Å². The average molecular weight is 267 g/mol. The van der Waals surface area contributed by atoms with Crippen molar-refractivity contribution >= 4 is 20.9 Å². The first-order valence-electron chi connectivity index (χ1n) is 6.53. The average Bonchev–Trinajstić information content (AvgIpc) is 2.27. The van der Waals surface area contributed by atoms with Gasteiger partial charge in [-0.2, -0.15) is 0 Å². The number of alkyl halides is 1. The van der Waals surface area contributed by atoms with Gasteiger partial charge in [0, 0.05) is 19.1 Å². The fraction of sp³-hybridized carbons (Fsp3) is 1.00. The molecule has 0 rings (SSSR count). The fourth-order valence-electron chi connectivity index (χ4n) is 1.74. The summed E-state index contributed by atoms with van der Waals surface area (Å²) in [6, 6.07) is 1.14. The molecule has 0 bridgehead atoms. The van der Waals surface area contributed by atoms with E-state index < -0.39 is 9.28 Å². The van der Waals surface area contributed by atoms with Gasteiger partial charge in [0.25, 0.3) is 0 Å². The molecule has 0 saturated carbocycles. The Kier molecular flexibility index (Phi) is 12.2. The molecule has 16 heavy (non-hydrogen) atoms. The first-order valence-corrected chi connectivity index (χ1v) is 8.83. The molecule has 0 radical (unpaired) electrons. The Balaban J connectivity index is 3.56. The van der Waals surface area contributed by atoms with Crippen LogP contribution in [0.5, 0.6) is 0 Å². The summed E-state index contributed by atoms with van der Waals surface area (Å²) >= 11 is 5.66. The summed E-state index contributed by atoms with van der Waals surface area (Å²) in [5, 5.41) is 0. The molecule has 4 heteroatoms. The van der Waals surface area contributed by atoms with Gasteiger partial charge in [-0.25, -0.2) is 0 Å². The summed E-state index contributed by atoms with van der Waals surface area (Å²) in [6.45, 7) is 7.98. The Morgan fingerprint density at radius 2 is 1.69 bits per heavy atom. The van der Waals surface area contributed by atoms with Gasteiger partial charge in [-0.05, 0) is 38.7 Å². The highest BCUT2D eigenvalue weighted by molar-refractivity contribution is 6.44. The molecule has 2 nitrogen and oxygen atoms in total. The minimum absolute atomic E-state index is 0.777. The molecule has 0 amide bonds. The van der Waals surface area contributed by atoms with Gasteiger partial charge < -0.3 is 8.85 Å². The number of hydrogen-bond acceptors (Lipinski definition) is 2. The van der Waals surface area contributed by atoms with Crippen molar-refractivity contribution in [1.29, 1.82) is 0 Å². The Labute approximate surface area is 108 Å². The van der Waals surface area contributed by atoms with Crippen molar-refractivity contribution < 1.29 is 8.85 Å². The summed E-state index contributed by atoms with van der Waals surface area (Å²) in [7, 11) is -1.36. The van der Waals surface area contributed by atoms with E-state index in [1.807, 2.05) is 13.8 Å². The van der Waals surface area contributed by atoms with Crippen LogP contribution in [0.15, 0.2) is 0 Å². The summed E-state index contributed by atoms with van der Waals surface area (Å²) in [5.74, 6) is 1.57. The maximum absolute atomic E-state index is 5.66. The Morgan fingerprint density at radius 1 is 1.06 bits per heavy atom. The predicted octanol–water partition coefficient (Wildman–Crippen LogP) is 3.72. The molecule has 0 aliphatic heterocycles. The molecular formula is C12H27ClO2Si. The van der Waals surface area contributed by atoms with Gasteiger partial charge in [-0.15, -0.1) is 11.6 Å². The third kappa shape index (κ3) is 9.64. The minimum atomic E-state index is -1.36. The van der Waals surface area contributed by atoms with E-state index in [9.17, 15) is 0 Å². The molecular weight excluding hydrogens is 240 g/mol. The number of unbranched alkanes of at least 4 members (excludes halogenated alkanes) is 1. The maximum Gasteiger partial charge on any atom is 0.321 e. The standard InChI is InChI=1S/C12H27ClO2Si/c1-4-14-16(15-5-2)11-9-12(3)8-6-7-10-13/h12,16H,4-11H2,1-3H3. The molecule has 98 valence electrons. The largest absolute Gasteiger partial charge is 0.397 e. The SMILES string of the molecule is CCO[SiH](CCC(C)CCCCCl)OCC. The van der Waals surface area contributed by atoms with Crippen LogP contribution in [0.4, 0.5) is 0 Å². The van der Waals surface area contributed by atoms with E-state index >= 15 is 0 Å². The first-order chi connectivity index (χ1) is 7.74. The van der Waals surface area contributed by atoms with Crippen LogP contribution in [-0.2, 0) is 8.85 Å². The van der Waals surface area contributed by atoms with E-state index in [-0.39, 0.29) is 0 Å². The van der Waals surface area contributed by atoms with Crippen LogP contribution in [0.2, 0.25) is 6.04 Å². The molecule has 0 spiro atoms. The van der Waals surface area contributed by atoms with E-state index in [0.717, 1.165) is 37.5 Å². The molecule has 0 fully saturated rings. The summed E-state index contributed by atoms with van der Waals surface area (Å²) in [6.07, 6.45) is 4.91. The third-order valence-electron chi connectivity index (χ3n) is 2.68. The smallest absolute Gasteiger partial charge is 0.321 e. The highest BCUT2D eigenvalue weighted by Gasteiger charge is 2.13. The molecule has 0 aromatic rings. The van der Waals surface area contributed by atoms with Crippen molar-refractivity contribution in [3.05, 3.63) is 0 Å². The van der Waals surface area contributed by atoms with Gasteiger partial charge in [0.2, 0.25) is 0 Å². The van der Waals surface area contributed by atoms with Crippen molar-refractivity contribution in [2.75, 3.05) is 19.1 Å². The van der Waals surface area contributed by atoms with E-state index in [1.54, 1.807) is 0 Å². The lowest BCUT2D eigenvalue weighted by Crippen LogP contribution is -2.23. The van der Waals surface area contributed by atoms with Crippen LogP contribution >= 0.6 is 11.6 Å². The zero-order valence-electron chi connectivity index (χ0n) is 11.0. The van der Waals surface area contributed by atoms with E-state index in [2.05, 4.69) is 6.92 Å². The van der Waals surface area contributed by atoms with Gasteiger partial charge in [0.1, 0.15) is 0 Å². The van der Waals surface area contributed by atoms with E-state index in [4.69, 9.17) is 20.5 Å². The second kappa shape index (κ2) is 11.9. The van der Waals surface area contributed by atoms with Gasteiger partial charge in [-0.3, -0.25) is 0 Å². The molecule has 0 N–H and O–H groups in total. The Hall–Kier alpha value is 0.427. The normalized spacial score (nSPS) is 13.3. The summed E-state index contributed by atoms with van der Waals surface area (Å²) in [4.78, 5) is 0. The number of hydrogen-bond donors (Lipinski definition) is 0. The van der Waals surface area contributed by atoms with Crippen LogP contribution in [0.25, 0.3) is 0 Å². The second-order valence-electron chi connectivity index (χ2n) is 4.21. The Morgan fingerprint density at radius 3 is 2.19 bits per heavy atom. The van der Waals surface area contributed by atoms with Crippen molar-refractivity contribution in [2.45, 2.75) is 52.5 Å². The van der Waals surface area contributed by atoms with Crippen LogP contribution < -0.4 is 0 Å². The Bertz CT molecular complexity index is 141. The highest BCUT2D eigenvalue weighted by atomic mass is 35.5. The molecule has 0 saturated heterocycles. The number of rotatable bonds is 11. The molecule has 0 aromatic heterocycles. The molecule has 1 atom stereocenters. The zero-order valence-corrected chi connectivity index (χ0v) is 12.9. The fourth-order valence-corrected chi connectivity index (χ4v) is 3.94. The van der Waals surface area contributed by atoms with E-state index in [0.29, 0.717) is 0 Å². The minimum Gasteiger partial charge on any atom is -0.397 e.